The molecule has 20 heavy (non-hydrogen) atoms. The van der Waals surface area contributed by atoms with Crippen molar-refractivity contribution in [1.29, 1.82) is 0 Å². The average Bonchev–Trinajstić information content (AvgIpc) is 2.42. The number of carbonyl (C=O) groups is 1. The van der Waals surface area contributed by atoms with E-state index >= 15 is 0 Å². The maximum atomic E-state index is 12.1. The minimum absolute atomic E-state index is 0.664. The van der Waals surface area contributed by atoms with Crippen LogP contribution in [0.4, 0.5) is 13.2 Å². The van der Waals surface area contributed by atoms with E-state index in [4.69, 9.17) is 0 Å². The Bertz CT molecular complexity index is 625. The second kappa shape index (κ2) is 5.48. The summed E-state index contributed by atoms with van der Waals surface area (Å²) in [5.41, 5.74) is 0. The molecule has 0 aliphatic rings. The van der Waals surface area contributed by atoms with Gasteiger partial charge in [0.05, 0.1) is 0 Å². The zero-order valence-electron chi connectivity index (χ0n) is 10.8. The number of amides is 1. The van der Waals surface area contributed by atoms with Crippen LogP contribution < -0.4 is 9.88 Å². The molecule has 2 rings (SSSR count). The predicted octanol–water partition coefficient (Wildman–Crippen LogP) is 2.37. The van der Waals surface area contributed by atoms with Crippen LogP contribution in [0.5, 0.6) is 0 Å². The Morgan fingerprint density at radius 1 is 1.25 bits per heavy atom. The van der Waals surface area contributed by atoms with E-state index in [0.717, 1.165) is 10.8 Å². The van der Waals surface area contributed by atoms with Crippen LogP contribution in [0, 0.1) is 0 Å². The third-order valence-corrected chi connectivity index (χ3v) is 3.00. The van der Waals surface area contributed by atoms with Crippen LogP contribution in [0.15, 0.2) is 42.7 Å². The fourth-order valence-corrected chi connectivity index (χ4v) is 1.86. The van der Waals surface area contributed by atoms with Crippen molar-refractivity contribution in [1.82, 2.24) is 5.32 Å². The lowest BCUT2D eigenvalue weighted by atomic mass is 10.1. The van der Waals surface area contributed by atoms with Gasteiger partial charge in [-0.25, -0.2) is 0 Å². The maximum absolute atomic E-state index is 12.1. The maximum Gasteiger partial charge on any atom is 0.405 e. The van der Waals surface area contributed by atoms with Gasteiger partial charge in [-0.2, -0.15) is 17.7 Å². The first-order valence-corrected chi connectivity index (χ1v) is 6.11. The minimum atomic E-state index is -4.40. The molecule has 106 valence electrons. The molecule has 0 spiro atoms. The van der Waals surface area contributed by atoms with Crippen molar-refractivity contribution in [2.45, 2.75) is 19.1 Å². The Balaban J connectivity index is 2.14. The quantitative estimate of drug-likeness (QED) is 0.862. The summed E-state index contributed by atoms with van der Waals surface area (Å²) in [6.07, 6.45) is -0.975. The van der Waals surface area contributed by atoms with Crippen LogP contribution in [0.3, 0.4) is 0 Å². The third-order valence-electron chi connectivity index (χ3n) is 3.00. The van der Waals surface area contributed by atoms with Crippen molar-refractivity contribution in [3.05, 3.63) is 42.7 Å². The highest BCUT2D eigenvalue weighted by Crippen LogP contribution is 2.13. The van der Waals surface area contributed by atoms with Crippen LogP contribution in [0.1, 0.15) is 13.0 Å². The molecule has 0 bridgehead atoms. The number of alkyl halides is 3. The normalized spacial score (nSPS) is 13.2. The zero-order valence-corrected chi connectivity index (χ0v) is 10.8. The molecule has 0 saturated carbocycles. The molecule has 2 aromatic rings. The van der Waals surface area contributed by atoms with Gasteiger partial charge in [-0.1, -0.05) is 18.2 Å². The molecule has 0 aliphatic carbocycles. The number of nitrogens with zero attached hydrogens (tertiary/aromatic N) is 1. The molecule has 1 amide bonds. The van der Waals surface area contributed by atoms with Crippen molar-refractivity contribution in [2.24, 2.45) is 0 Å². The lowest BCUT2D eigenvalue weighted by molar-refractivity contribution is -0.704. The largest absolute Gasteiger partial charge is 0.405 e. The number of fused-ring (bicyclic) bond motifs is 1. The van der Waals surface area contributed by atoms with Gasteiger partial charge in [-0.05, 0) is 11.5 Å². The van der Waals surface area contributed by atoms with Crippen LogP contribution in [0.25, 0.3) is 10.8 Å². The number of pyridine rings is 1. The molecule has 1 heterocycles. The van der Waals surface area contributed by atoms with Gasteiger partial charge in [0, 0.05) is 18.4 Å². The number of aromatic nitrogens is 1. The van der Waals surface area contributed by atoms with E-state index < -0.39 is 24.7 Å². The number of hydrogen-bond acceptors (Lipinski definition) is 1. The molecule has 1 aromatic carbocycles. The Morgan fingerprint density at radius 3 is 2.55 bits per heavy atom. The molecule has 1 atom stereocenters. The summed E-state index contributed by atoms with van der Waals surface area (Å²) in [5.74, 6) is -0.664. The van der Waals surface area contributed by atoms with Gasteiger partial charge < -0.3 is 5.32 Å². The summed E-state index contributed by atoms with van der Waals surface area (Å²) < 4.78 is 37.8. The van der Waals surface area contributed by atoms with E-state index in [2.05, 4.69) is 0 Å². The average molecular weight is 283 g/mol. The van der Waals surface area contributed by atoms with Gasteiger partial charge in [0.1, 0.15) is 6.54 Å². The van der Waals surface area contributed by atoms with E-state index in [9.17, 15) is 18.0 Å². The van der Waals surface area contributed by atoms with E-state index in [1.165, 1.54) is 0 Å². The van der Waals surface area contributed by atoms with Crippen LogP contribution in [0.2, 0.25) is 0 Å². The lowest BCUT2D eigenvalue weighted by Gasteiger charge is -2.10. The molecule has 1 aromatic heterocycles. The standard InChI is InChI=1S/C14H13F3N2O/c1-10(13(20)18-9-14(15,16)17)19-7-6-11-4-2-3-5-12(11)8-19/h2-8,10H,9H2,1H3/p+1/t10-/m0/s1. The van der Waals surface area contributed by atoms with Gasteiger partial charge in [-0.3, -0.25) is 4.79 Å². The van der Waals surface area contributed by atoms with Gasteiger partial charge in [0.2, 0.25) is 6.04 Å². The van der Waals surface area contributed by atoms with Crippen molar-refractivity contribution < 1.29 is 22.5 Å². The topological polar surface area (TPSA) is 33.0 Å². The first-order chi connectivity index (χ1) is 9.37. The predicted molar refractivity (Wildman–Crippen MR) is 67.9 cm³/mol. The summed E-state index contributed by atoms with van der Waals surface area (Å²) in [5, 5.41) is 3.81. The molecule has 0 radical (unpaired) electrons. The first kappa shape index (κ1) is 14.3. The van der Waals surface area contributed by atoms with Crippen LogP contribution in [-0.4, -0.2) is 18.6 Å². The van der Waals surface area contributed by atoms with Crippen molar-refractivity contribution >= 4 is 16.7 Å². The van der Waals surface area contributed by atoms with E-state index in [0.29, 0.717) is 0 Å². The monoisotopic (exact) mass is 283 g/mol. The molecular weight excluding hydrogens is 269 g/mol. The van der Waals surface area contributed by atoms with Gasteiger partial charge in [0.25, 0.3) is 5.91 Å². The fraction of sp³-hybridized carbons (Fsp3) is 0.286. The molecule has 0 fully saturated rings. The fourth-order valence-electron chi connectivity index (χ4n) is 1.86. The van der Waals surface area contributed by atoms with Crippen LogP contribution >= 0.6 is 0 Å². The van der Waals surface area contributed by atoms with E-state index in [1.54, 1.807) is 23.9 Å². The van der Waals surface area contributed by atoms with Crippen molar-refractivity contribution in [3.8, 4) is 0 Å². The van der Waals surface area contributed by atoms with E-state index in [-0.39, 0.29) is 0 Å². The summed E-state index contributed by atoms with van der Waals surface area (Å²) in [4.78, 5) is 11.7. The second-order valence-electron chi connectivity index (χ2n) is 4.53. The van der Waals surface area contributed by atoms with Gasteiger partial charge in [-0.15, -0.1) is 0 Å². The first-order valence-electron chi connectivity index (χ1n) is 6.11. The lowest BCUT2D eigenvalue weighted by Crippen LogP contribution is -2.48. The third kappa shape index (κ3) is 3.46. The Hall–Kier alpha value is -2.11. The minimum Gasteiger partial charge on any atom is -0.341 e. The highest BCUT2D eigenvalue weighted by molar-refractivity contribution is 5.81. The molecule has 1 N–H and O–H groups in total. The Kier molecular flexibility index (Phi) is 3.92. The summed E-state index contributed by atoms with van der Waals surface area (Å²) >= 11 is 0. The zero-order chi connectivity index (χ0) is 14.8. The highest BCUT2D eigenvalue weighted by atomic mass is 19.4. The van der Waals surface area contributed by atoms with Crippen molar-refractivity contribution in [3.63, 3.8) is 0 Å². The number of hydrogen-bond donors (Lipinski definition) is 1. The smallest absolute Gasteiger partial charge is 0.341 e. The molecule has 0 aliphatic heterocycles. The van der Waals surface area contributed by atoms with Gasteiger partial charge >= 0.3 is 6.18 Å². The van der Waals surface area contributed by atoms with Crippen LogP contribution in [-0.2, 0) is 4.79 Å². The molecule has 3 nitrogen and oxygen atoms in total. The molecular formula is C14H14F3N2O+. The summed E-state index contributed by atoms with van der Waals surface area (Å²) in [6.45, 7) is 0.241. The van der Waals surface area contributed by atoms with Gasteiger partial charge in [0.15, 0.2) is 12.4 Å². The summed E-state index contributed by atoms with van der Waals surface area (Å²) in [6, 6.07) is 8.68. The number of benzene rings is 1. The summed E-state index contributed by atoms with van der Waals surface area (Å²) in [7, 11) is 0. The van der Waals surface area contributed by atoms with Crippen molar-refractivity contribution in [2.75, 3.05) is 6.54 Å². The number of nitrogens with one attached hydrogen (secondary N) is 1. The number of halogens is 3. The SMILES string of the molecule is C[C@@H](C(=O)NCC(F)(F)F)[n+]1ccc2ccccc2c1. The number of carbonyl (C=O) groups excluding carboxylic acids is 1. The Labute approximate surface area is 114 Å². The van der Waals surface area contributed by atoms with E-state index in [1.807, 2.05) is 35.6 Å². The Morgan fingerprint density at radius 2 is 1.90 bits per heavy atom. The highest BCUT2D eigenvalue weighted by Gasteiger charge is 2.30. The molecule has 6 heteroatoms. The number of rotatable bonds is 3. The molecule has 0 saturated heterocycles. The molecule has 0 unspecified atom stereocenters. The second-order valence-corrected chi connectivity index (χ2v) is 4.53.